The van der Waals surface area contributed by atoms with E-state index < -0.39 is 0 Å². The summed E-state index contributed by atoms with van der Waals surface area (Å²) in [5.41, 5.74) is 8.91. The van der Waals surface area contributed by atoms with Crippen LogP contribution in [0.5, 0.6) is 5.75 Å². The van der Waals surface area contributed by atoms with Crippen molar-refractivity contribution in [3.8, 4) is 5.75 Å². The van der Waals surface area contributed by atoms with E-state index in [9.17, 15) is 4.79 Å². The molecule has 1 aliphatic rings. The molecule has 2 aromatic heterocycles. The van der Waals surface area contributed by atoms with Crippen LogP contribution in [0.4, 0.5) is 17.2 Å². The van der Waals surface area contributed by atoms with E-state index in [-0.39, 0.29) is 11.4 Å². The molecule has 3 aromatic rings. The highest BCUT2D eigenvalue weighted by atomic mass is 16.5. The number of hydrogen-bond acceptors (Lipinski definition) is 6. The van der Waals surface area contributed by atoms with E-state index >= 15 is 0 Å². The number of fused-ring (bicyclic) bond motifs is 2. The van der Waals surface area contributed by atoms with Crippen molar-refractivity contribution in [2.24, 2.45) is 10.2 Å². The van der Waals surface area contributed by atoms with E-state index in [1.165, 1.54) is 4.52 Å². The van der Waals surface area contributed by atoms with Crippen LogP contribution in [0.25, 0.3) is 5.65 Å². The Morgan fingerprint density at radius 3 is 2.96 bits per heavy atom. The highest BCUT2D eigenvalue weighted by molar-refractivity contribution is 5.75. The highest BCUT2D eigenvalue weighted by Gasteiger charge is 2.20. The molecule has 25 heavy (non-hydrogen) atoms. The van der Waals surface area contributed by atoms with Gasteiger partial charge in [0.15, 0.2) is 11.3 Å². The molecule has 128 valence electrons. The number of nitrogen functional groups attached to an aromatic ring is 1. The number of nitrogens with zero attached hydrogens (tertiary/aromatic N) is 4. The molecule has 0 radical (unpaired) electrons. The quantitative estimate of drug-likeness (QED) is 0.715. The van der Waals surface area contributed by atoms with Gasteiger partial charge in [0.25, 0.3) is 5.56 Å². The van der Waals surface area contributed by atoms with Crippen LogP contribution in [0.3, 0.4) is 0 Å². The molecule has 0 bridgehead atoms. The zero-order valence-electron chi connectivity index (χ0n) is 13.8. The number of methoxy groups -OCH3 is 1. The first-order valence-electron chi connectivity index (χ1n) is 8.15. The molecule has 0 spiro atoms. The van der Waals surface area contributed by atoms with Crippen molar-refractivity contribution in [3.63, 3.8) is 0 Å². The van der Waals surface area contributed by atoms with Gasteiger partial charge in [-0.2, -0.15) is 9.63 Å². The van der Waals surface area contributed by atoms with Crippen LogP contribution in [-0.2, 0) is 12.8 Å². The van der Waals surface area contributed by atoms with Gasteiger partial charge in [0.1, 0.15) is 11.6 Å². The predicted molar refractivity (Wildman–Crippen MR) is 94.0 cm³/mol. The van der Waals surface area contributed by atoms with Crippen molar-refractivity contribution in [3.05, 3.63) is 45.9 Å². The van der Waals surface area contributed by atoms with E-state index in [4.69, 9.17) is 10.5 Å². The molecule has 8 heteroatoms. The molecule has 0 unspecified atom stereocenters. The lowest BCUT2D eigenvalue weighted by Crippen LogP contribution is -2.24. The van der Waals surface area contributed by atoms with Crippen molar-refractivity contribution in [1.29, 1.82) is 0 Å². The van der Waals surface area contributed by atoms with Gasteiger partial charge in [-0.3, -0.25) is 9.89 Å². The van der Waals surface area contributed by atoms with Crippen molar-refractivity contribution >= 4 is 22.8 Å². The second kappa shape index (κ2) is 6.04. The van der Waals surface area contributed by atoms with E-state index in [1.807, 2.05) is 12.1 Å². The van der Waals surface area contributed by atoms with Crippen LogP contribution >= 0.6 is 0 Å². The molecule has 0 saturated carbocycles. The van der Waals surface area contributed by atoms with E-state index in [0.29, 0.717) is 22.8 Å². The molecule has 0 atom stereocenters. The topological polar surface area (TPSA) is 110 Å². The van der Waals surface area contributed by atoms with Crippen LogP contribution in [-0.4, -0.2) is 21.7 Å². The van der Waals surface area contributed by atoms with Crippen molar-refractivity contribution < 1.29 is 4.74 Å². The molecule has 0 saturated heterocycles. The Hall–Kier alpha value is -3.16. The third-order valence-corrected chi connectivity index (χ3v) is 4.37. The van der Waals surface area contributed by atoms with E-state index in [2.05, 4.69) is 20.3 Å². The highest BCUT2D eigenvalue weighted by Crippen LogP contribution is 2.29. The zero-order valence-corrected chi connectivity index (χ0v) is 13.8. The second-order valence-electron chi connectivity index (χ2n) is 5.98. The lowest BCUT2D eigenvalue weighted by Gasteiger charge is -2.13. The first-order valence-corrected chi connectivity index (χ1v) is 8.15. The van der Waals surface area contributed by atoms with Gasteiger partial charge < -0.3 is 10.5 Å². The average molecular weight is 338 g/mol. The third-order valence-electron chi connectivity index (χ3n) is 4.37. The Kier molecular flexibility index (Phi) is 3.72. The molecular formula is C17H18N6O2. The minimum Gasteiger partial charge on any atom is -0.497 e. The fraction of sp³-hybridized carbons (Fsp3) is 0.294. The molecule has 1 aliphatic carbocycles. The number of H-pyrrole nitrogens is 1. The first kappa shape index (κ1) is 15.4. The van der Waals surface area contributed by atoms with Gasteiger partial charge in [-0.1, -0.05) is 6.07 Å². The van der Waals surface area contributed by atoms with Crippen LogP contribution in [0.2, 0.25) is 0 Å². The number of ether oxygens (including phenoxy) is 1. The van der Waals surface area contributed by atoms with Gasteiger partial charge in [-0.25, -0.2) is 4.98 Å². The lowest BCUT2D eigenvalue weighted by atomic mass is 9.97. The van der Waals surface area contributed by atoms with Crippen LogP contribution in [0, 0.1) is 0 Å². The molecule has 3 N–H and O–H groups in total. The fourth-order valence-corrected chi connectivity index (χ4v) is 3.09. The summed E-state index contributed by atoms with van der Waals surface area (Å²) in [5.74, 6) is 0.949. The predicted octanol–water partition coefficient (Wildman–Crippen LogP) is 2.91. The maximum absolute atomic E-state index is 12.6. The maximum atomic E-state index is 12.6. The molecule has 8 nitrogen and oxygen atoms in total. The second-order valence-corrected chi connectivity index (χ2v) is 5.98. The molecular weight excluding hydrogens is 320 g/mol. The number of benzene rings is 1. The molecule has 1 aromatic carbocycles. The number of nitrogens with two attached hydrogens (primary N) is 1. The maximum Gasteiger partial charge on any atom is 0.276 e. The van der Waals surface area contributed by atoms with Gasteiger partial charge in [0.05, 0.1) is 18.5 Å². The SMILES string of the molecule is COc1cccc(N=Nc2c(N)[nH]n3c(=O)c4c(nc23)CCCC4)c1. The minimum absolute atomic E-state index is 0.103. The van der Waals surface area contributed by atoms with Crippen LogP contribution in [0.15, 0.2) is 39.3 Å². The Bertz CT molecular complexity index is 1030. The zero-order chi connectivity index (χ0) is 17.4. The molecule has 0 fully saturated rings. The fourth-order valence-electron chi connectivity index (χ4n) is 3.09. The van der Waals surface area contributed by atoms with Gasteiger partial charge >= 0.3 is 0 Å². The number of hydrogen-bond donors (Lipinski definition) is 2. The van der Waals surface area contributed by atoms with Crippen molar-refractivity contribution in [2.45, 2.75) is 25.7 Å². The number of rotatable bonds is 3. The van der Waals surface area contributed by atoms with Gasteiger partial charge in [-0.15, -0.1) is 5.11 Å². The Balaban J connectivity index is 1.81. The molecule has 0 aliphatic heterocycles. The lowest BCUT2D eigenvalue weighted by molar-refractivity contribution is 0.415. The number of azo groups is 1. The minimum atomic E-state index is -0.103. The molecule has 4 rings (SSSR count). The summed E-state index contributed by atoms with van der Waals surface area (Å²) in [6.07, 6.45) is 3.60. The average Bonchev–Trinajstić information content (AvgIpc) is 2.96. The van der Waals surface area contributed by atoms with Crippen LogP contribution < -0.4 is 16.0 Å². The van der Waals surface area contributed by atoms with Crippen molar-refractivity contribution in [1.82, 2.24) is 14.6 Å². The summed E-state index contributed by atoms with van der Waals surface area (Å²) in [5, 5.41) is 11.3. The summed E-state index contributed by atoms with van der Waals surface area (Å²) in [4.78, 5) is 17.3. The van der Waals surface area contributed by atoms with E-state index in [1.54, 1.807) is 19.2 Å². The molecule has 0 amide bonds. The summed E-state index contributed by atoms with van der Waals surface area (Å²) in [7, 11) is 1.59. The van der Waals surface area contributed by atoms with E-state index in [0.717, 1.165) is 36.9 Å². The smallest absolute Gasteiger partial charge is 0.276 e. The van der Waals surface area contributed by atoms with Gasteiger partial charge in [0.2, 0.25) is 0 Å². The standard InChI is InChI=1S/C17H18N6O2/c1-25-11-6-4-5-10(9-11)20-21-14-15(18)22-23-16(14)19-13-8-3-2-7-12(13)17(23)24/h4-6,9,22H,2-3,7-8,18H2,1H3. The van der Waals surface area contributed by atoms with Gasteiger partial charge in [0, 0.05) is 11.6 Å². The summed E-state index contributed by atoms with van der Waals surface area (Å²) in [6.45, 7) is 0. The third kappa shape index (κ3) is 2.65. The number of aromatic nitrogens is 3. The summed E-state index contributed by atoms with van der Waals surface area (Å²) < 4.78 is 6.53. The number of anilines is 1. The summed E-state index contributed by atoms with van der Waals surface area (Å²) in [6, 6.07) is 7.21. The van der Waals surface area contributed by atoms with Crippen LogP contribution in [0.1, 0.15) is 24.1 Å². The van der Waals surface area contributed by atoms with Crippen molar-refractivity contribution in [2.75, 3.05) is 12.8 Å². The van der Waals surface area contributed by atoms with Gasteiger partial charge in [-0.05, 0) is 37.8 Å². The number of aryl methyl sites for hydroxylation is 1. The number of aromatic amines is 1. The number of nitrogens with one attached hydrogen (secondary N) is 1. The normalized spacial score (nSPS) is 14.1. The Morgan fingerprint density at radius 1 is 1.28 bits per heavy atom. The summed E-state index contributed by atoms with van der Waals surface area (Å²) >= 11 is 0. The first-order chi connectivity index (χ1) is 12.2. The molecule has 2 heterocycles. The monoisotopic (exact) mass is 338 g/mol. The largest absolute Gasteiger partial charge is 0.497 e. The Morgan fingerprint density at radius 2 is 2.12 bits per heavy atom. The Labute approximate surface area is 143 Å².